The topological polar surface area (TPSA) is 41.1 Å². The minimum absolute atomic E-state index is 0.159. The van der Waals surface area contributed by atoms with Crippen molar-refractivity contribution >= 4 is 27.5 Å². The molecular weight excluding hydrogens is 292 g/mol. The van der Waals surface area contributed by atoms with Gasteiger partial charge in [0, 0.05) is 29.2 Å². The molecule has 2 N–H and O–H groups in total. The van der Waals surface area contributed by atoms with Gasteiger partial charge in [0.1, 0.15) is 0 Å². The smallest absolute Gasteiger partial charge is 0.221 e. The van der Waals surface area contributed by atoms with Crippen molar-refractivity contribution in [2.24, 2.45) is 0 Å². The van der Waals surface area contributed by atoms with E-state index in [1.165, 1.54) is 12.8 Å². The van der Waals surface area contributed by atoms with E-state index in [1.54, 1.807) is 0 Å². The van der Waals surface area contributed by atoms with E-state index in [4.69, 9.17) is 0 Å². The summed E-state index contributed by atoms with van der Waals surface area (Å²) in [7, 11) is 0. The van der Waals surface area contributed by atoms with Crippen LogP contribution < -0.4 is 10.6 Å². The minimum atomic E-state index is 0.159. The maximum atomic E-state index is 11.7. The number of nitrogens with one attached hydrogen (secondary N) is 2. The van der Waals surface area contributed by atoms with Crippen molar-refractivity contribution in [3.63, 3.8) is 0 Å². The zero-order valence-electron chi connectivity index (χ0n) is 10.4. The predicted molar refractivity (Wildman–Crippen MR) is 77.6 cm³/mol. The lowest BCUT2D eigenvalue weighted by molar-refractivity contribution is -0.121. The molecule has 0 radical (unpaired) electrons. The van der Waals surface area contributed by atoms with E-state index in [9.17, 15) is 4.79 Å². The van der Waals surface area contributed by atoms with Gasteiger partial charge in [0.15, 0.2) is 0 Å². The Bertz CT molecular complexity index is 385. The molecule has 0 unspecified atom stereocenters. The highest BCUT2D eigenvalue weighted by Gasteiger charge is 2.16. The molecule has 4 heteroatoms. The monoisotopic (exact) mass is 310 g/mol. The average molecular weight is 311 g/mol. The molecule has 0 bridgehead atoms. The third-order valence-electron chi connectivity index (χ3n) is 3.25. The van der Waals surface area contributed by atoms with Gasteiger partial charge in [0.25, 0.3) is 0 Å². The van der Waals surface area contributed by atoms with E-state index in [0.717, 1.165) is 23.0 Å². The van der Waals surface area contributed by atoms with Gasteiger partial charge in [-0.1, -0.05) is 28.8 Å². The van der Waals surface area contributed by atoms with E-state index >= 15 is 0 Å². The van der Waals surface area contributed by atoms with Gasteiger partial charge in [-0.15, -0.1) is 0 Å². The molecule has 1 fully saturated rings. The maximum absolute atomic E-state index is 11.7. The molecule has 1 aromatic rings. The summed E-state index contributed by atoms with van der Waals surface area (Å²) in [6.45, 7) is 0.681. The Morgan fingerprint density at radius 2 is 1.89 bits per heavy atom. The summed E-state index contributed by atoms with van der Waals surface area (Å²) in [5, 5.41) is 6.33. The van der Waals surface area contributed by atoms with E-state index < -0.39 is 0 Å². The highest BCUT2D eigenvalue weighted by atomic mass is 79.9. The molecule has 1 aliphatic rings. The predicted octanol–water partition coefficient (Wildman–Crippen LogP) is 3.31. The van der Waals surface area contributed by atoms with Gasteiger partial charge in [-0.25, -0.2) is 0 Å². The Labute approximate surface area is 116 Å². The van der Waals surface area contributed by atoms with Crippen LogP contribution in [0, 0.1) is 0 Å². The van der Waals surface area contributed by atoms with E-state index in [-0.39, 0.29) is 5.91 Å². The molecule has 1 aliphatic carbocycles. The van der Waals surface area contributed by atoms with Gasteiger partial charge >= 0.3 is 0 Å². The number of carbonyl (C=O) groups is 1. The standard InChI is InChI=1S/C14H19BrN2O/c15-11-5-7-12(8-6-11)16-10-9-14(18)17-13-3-1-2-4-13/h5-8,13,16H,1-4,9-10H2,(H,17,18). The number of anilines is 1. The van der Waals surface area contributed by atoms with Gasteiger partial charge < -0.3 is 10.6 Å². The molecule has 2 rings (SSSR count). The third kappa shape index (κ3) is 4.33. The SMILES string of the molecule is O=C(CCNc1ccc(Br)cc1)NC1CCCC1. The molecule has 3 nitrogen and oxygen atoms in total. The first-order valence-electron chi connectivity index (χ1n) is 6.53. The number of hydrogen-bond acceptors (Lipinski definition) is 2. The second-order valence-electron chi connectivity index (χ2n) is 4.73. The van der Waals surface area contributed by atoms with Gasteiger partial charge in [-0.2, -0.15) is 0 Å². The minimum Gasteiger partial charge on any atom is -0.385 e. The lowest BCUT2D eigenvalue weighted by atomic mass is 10.2. The molecule has 0 atom stereocenters. The maximum Gasteiger partial charge on any atom is 0.221 e. The van der Waals surface area contributed by atoms with Crippen LogP contribution in [0.2, 0.25) is 0 Å². The Morgan fingerprint density at radius 3 is 2.56 bits per heavy atom. The normalized spacial score (nSPS) is 15.6. The van der Waals surface area contributed by atoms with Crippen molar-refractivity contribution in [1.82, 2.24) is 5.32 Å². The largest absolute Gasteiger partial charge is 0.385 e. The molecule has 18 heavy (non-hydrogen) atoms. The van der Waals surface area contributed by atoms with Crippen LogP contribution in [0.3, 0.4) is 0 Å². The van der Waals surface area contributed by atoms with E-state index in [0.29, 0.717) is 19.0 Å². The fourth-order valence-electron chi connectivity index (χ4n) is 2.26. The zero-order chi connectivity index (χ0) is 12.8. The van der Waals surface area contributed by atoms with Crippen molar-refractivity contribution in [3.05, 3.63) is 28.7 Å². The molecule has 0 saturated heterocycles. The first-order valence-corrected chi connectivity index (χ1v) is 7.32. The van der Waals surface area contributed by atoms with Crippen LogP contribution in [-0.2, 0) is 4.79 Å². The quantitative estimate of drug-likeness (QED) is 0.876. The van der Waals surface area contributed by atoms with Crippen LogP contribution in [0.5, 0.6) is 0 Å². The number of halogens is 1. The second kappa shape index (κ2) is 6.78. The average Bonchev–Trinajstić information content (AvgIpc) is 2.84. The summed E-state index contributed by atoms with van der Waals surface area (Å²) in [6.07, 6.45) is 5.33. The molecule has 0 aromatic heterocycles. The third-order valence-corrected chi connectivity index (χ3v) is 3.77. The van der Waals surface area contributed by atoms with Crippen molar-refractivity contribution in [2.75, 3.05) is 11.9 Å². The lowest BCUT2D eigenvalue weighted by Gasteiger charge is -2.12. The fourth-order valence-corrected chi connectivity index (χ4v) is 2.52. The van der Waals surface area contributed by atoms with Gasteiger partial charge in [-0.05, 0) is 37.1 Å². The van der Waals surface area contributed by atoms with Crippen molar-refractivity contribution in [2.45, 2.75) is 38.1 Å². The zero-order valence-corrected chi connectivity index (χ0v) is 12.0. The molecule has 0 heterocycles. The van der Waals surface area contributed by atoms with Gasteiger partial charge in [0.05, 0.1) is 0 Å². The van der Waals surface area contributed by atoms with Crippen molar-refractivity contribution < 1.29 is 4.79 Å². The molecular formula is C14H19BrN2O. The Morgan fingerprint density at radius 1 is 1.22 bits per heavy atom. The highest BCUT2D eigenvalue weighted by molar-refractivity contribution is 9.10. The molecule has 1 amide bonds. The summed E-state index contributed by atoms with van der Waals surface area (Å²) >= 11 is 3.39. The Hall–Kier alpha value is -1.03. The number of amides is 1. The number of benzene rings is 1. The Balaban J connectivity index is 1.65. The van der Waals surface area contributed by atoms with Crippen LogP contribution >= 0.6 is 15.9 Å². The molecule has 98 valence electrons. The lowest BCUT2D eigenvalue weighted by Crippen LogP contribution is -2.33. The number of hydrogen-bond donors (Lipinski definition) is 2. The Kier molecular flexibility index (Phi) is 5.05. The van der Waals surface area contributed by atoms with Crippen LogP contribution in [0.4, 0.5) is 5.69 Å². The van der Waals surface area contributed by atoms with Gasteiger partial charge in [-0.3, -0.25) is 4.79 Å². The summed E-state index contributed by atoms with van der Waals surface area (Å²) in [5.41, 5.74) is 1.05. The van der Waals surface area contributed by atoms with Crippen LogP contribution in [0.1, 0.15) is 32.1 Å². The molecule has 0 aliphatic heterocycles. The van der Waals surface area contributed by atoms with Crippen molar-refractivity contribution in [1.29, 1.82) is 0 Å². The molecule has 0 spiro atoms. The first-order chi connectivity index (χ1) is 8.74. The fraction of sp³-hybridized carbons (Fsp3) is 0.500. The molecule has 1 aromatic carbocycles. The molecule has 1 saturated carbocycles. The van der Waals surface area contributed by atoms with E-state index in [2.05, 4.69) is 26.6 Å². The second-order valence-corrected chi connectivity index (χ2v) is 5.65. The van der Waals surface area contributed by atoms with E-state index in [1.807, 2.05) is 24.3 Å². The summed E-state index contributed by atoms with van der Waals surface area (Å²) in [4.78, 5) is 11.7. The summed E-state index contributed by atoms with van der Waals surface area (Å²) in [6, 6.07) is 8.39. The summed E-state index contributed by atoms with van der Waals surface area (Å²) in [5.74, 6) is 0.159. The van der Waals surface area contributed by atoms with Crippen LogP contribution in [0.25, 0.3) is 0 Å². The number of rotatable bonds is 5. The first kappa shape index (κ1) is 13.4. The van der Waals surface area contributed by atoms with Gasteiger partial charge in [0.2, 0.25) is 5.91 Å². The highest BCUT2D eigenvalue weighted by Crippen LogP contribution is 2.17. The van der Waals surface area contributed by atoms with Crippen LogP contribution in [0.15, 0.2) is 28.7 Å². The van der Waals surface area contributed by atoms with Crippen LogP contribution in [-0.4, -0.2) is 18.5 Å². The van der Waals surface area contributed by atoms with Crippen molar-refractivity contribution in [3.8, 4) is 0 Å². The summed E-state index contributed by atoms with van der Waals surface area (Å²) < 4.78 is 1.06. The number of carbonyl (C=O) groups excluding carboxylic acids is 1.